The van der Waals surface area contributed by atoms with Gasteiger partial charge < -0.3 is 4.90 Å². The van der Waals surface area contributed by atoms with Crippen molar-refractivity contribution in [3.05, 3.63) is 52.2 Å². The Kier molecular flexibility index (Phi) is 5.76. The van der Waals surface area contributed by atoms with E-state index in [1.807, 2.05) is 13.8 Å². The molecule has 0 aliphatic carbocycles. The number of carbonyl (C=O) groups is 1. The summed E-state index contributed by atoms with van der Waals surface area (Å²) in [4.78, 5) is 24.9. The SMILES string of the molecule is Cc1sc2ncnc(SCC(=O)N(C)C(C)c3ccc(F)c(F)c3)c2c1C. The van der Waals surface area contributed by atoms with Crippen molar-refractivity contribution < 1.29 is 13.6 Å². The summed E-state index contributed by atoms with van der Waals surface area (Å²) in [6.45, 7) is 5.85. The molecule has 1 amide bonds. The summed E-state index contributed by atoms with van der Waals surface area (Å²) in [7, 11) is 1.66. The van der Waals surface area contributed by atoms with Gasteiger partial charge in [0.1, 0.15) is 16.2 Å². The van der Waals surface area contributed by atoms with Crippen LogP contribution in [0.3, 0.4) is 0 Å². The zero-order valence-corrected chi connectivity index (χ0v) is 17.0. The number of hydrogen-bond donors (Lipinski definition) is 0. The second kappa shape index (κ2) is 7.90. The first-order valence-corrected chi connectivity index (χ1v) is 10.1. The number of benzene rings is 1. The van der Waals surface area contributed by atoms with E-state index in [0.717, 1.165) is 32.9 Å². The Balaban J connectivity index is 1.73. The third kappa shape index (κ3) is 3.96. The van der Waals surface area contributed by atoms with Gasteiger partial charge >= 0.3 is 0 Å². The van der Waals surface area contributed by atoms with E-state index in [2.05, 4.69) is 9.97 Å². The number of fused-ring (bicyclic) bond motifs is 1. The van der Waals surface area contributed by atoms with Crippen LogP contribution in [0.4, 0.5) is 8.78 Å². The number of hydrogen-bond acceptors (Lipinski definition) is 5. The Hall–Kier alpha value is -2.06. The van der Waals surface area contributed by atoms with Gasteiger partial charge in [0.2, 0.25) is 5.91 Å². The van der Waals surface area contributed by atoms with Gasteiger partial charge in [-0.3, -0.25) is 4.79 Å². The molecule has 0 N–H and O–H groups in total. The number of carbonyl (C=O) groups excluding carboxylic acids is 1. The number of rotatable bonds is 5. The fraction of sp³-hybridized carbons (Fsp3) is 0.316. The first-order valence-electron chi connectivity index (χ1n) is 8.33. The number of aromatic nitrogens is 2. The van der Waals surface area contributed by atoms with Gasteiger partial charge in [0.05, 0.1) is 11.8 Å². The van der Waals surface area contributed by atoms with Crippen molar-refractivity contribution in [1.29, 1.82) is 0 Å². The molecule has 0 saturated heterocycles. The molecule has 2 heterocycles. The lowest BCUT2D eigenvalue weighted by atomic mass is 10.1. The molecule has 1 atom stereocenters. The summed E-state index contributed by atoms with van der Waals surface area (Å²) in [5.74, 6) is -1.73. The normalized spacial score (nSPS) is 12.4. The zero-order valence-electron chi connectivity index (χ0n) is 15.4. The van der Waals surface area contributed by atoms with Gasteiger partial charge in [0, 0.05) is 17.3 Å². The Morgan fingerprint density at radius 2 is 2.00 bits per heavy atom. The summed E-state index contributed by atoms with van der Waals surface area (Å²) in [5.41, 5.74) is 1.68. The first-order chi connectivity index (χ1) is 12.8. The van der Waals surface area contributed by atoms with Crippen LogP contribution in [0.1, 0.15) is 29.0 Å². The van der Waals surface area contributed by atoms with Gasteiger partial charge in [-0.05, 0) is 44.0 Å². The summed E-state index contributed by atoms with van der Waals surface area (Å²) in [5, 5.41) is 1.78. The van der Waals surface area contributed by atoms with Crippen LogP contribution in [0.5, 0.6) is 0 Å². The number of thiophene rings is 1. The topological polar surface area (TPSA) is 46.1 Å². The molecule has 3 aromatic rings. The highest BCUT2D eigenvalue weighted by atomic mass is 32.2. The number of nitrogens with zero attached hydrogens (tertiary/aromatic N) is 3. The van der Waals surface area contributed by atoms with Gasteiger partial charge in [-0.2, -0.15) is 0 Å². The predicted octanol–water partition coefficient (Wildman–Crippen LogP) is 4.90. The molecule has 0 aliphatic heterocycles. The molecule has 0 aliphatic rings. The minimum Gasteiger partial charge on any atom is -0.338 e. The molecule has 0 saturated carbocycles. The summed E-state index contributed by atoms with van der Waals surface area (Å²) < 4.78 is 26.6. The van der Waals surface area contributed by atoms with E-state index in [-0.39, 0.29) is 17.7 Å². The quantitative estimate of drug-likeness (QED) is 0.446. The Morgan fingerprint density at radius 1 is 1.26 bits per heavy atom. The van der Waals surface area contributed by atoms with E-state index in [4.69, 9.17) is 0 Å². The zero-order chi connectivity index (χ0) is 19.7. The standard InChI is InChI=1S/C19H19F2N3OS2/c1-10-12(3)27-19-17(10)18(22-9-23-19)26-8-16(25)24(4)11(2)13-5-6-14(20)15(21)7-13/h5-7,9,11H,8H2,1-4H3. The van der Waals surface area contributed by atoms with Crippen molar-refractivity contribution in [2.45, 2.75) is 31.8 Å². The lowest BCUT2D eigenvalue weighted by molar-refractivity contribution is -0.128. The fourth-order valence-corrected chi connectivity index (χ4v) is 4.74. The van der Waals surface area contributed by atoms with Crippen LogP contribution in [-0.4, -0.2) is 33.6 Å². The summed E-state index contributed by atoms with van der Waals surface area (Å²) >= 11 is 2.97. The van der Waals surface area contributed by atoms with Crippen molar-refractivity contribution in [1.82, 2.24) is 14.9 Å². The predicted molar refractivity (Wildman–Crippen MR) is 105 cm³/mol. The molecular formula is C19H19F2N3OS2. The van der Waals surface area contributed by atoms with Crippen LogP contribution in [0.25, 0.3) is 10.2 Å². The van der Waals surface area contributed by atoms with Crippen molar-refractivity contribution in [2.24, 2.45) is 0 Å². The molecule has 142 valence electrons. The second-order valence-electron chi connectivity index (χ2n) is 6.29. The molecule has 0 bridgehead atoms. The number of aryl methyl sites for hydroxylation is 2. The average molecular weight is 408 g/mol. The van der Waals surface area contributed by atoms with Crippen molar-refractivity contribution in [2.75, 3.05) is 12.8 Å². The van der Waals surface area contributed by atoms with Gasteiger partial charge in [0.15, 0.2) is 11.6 Å². The Labute approximate surface area is 164 Å². The molecule has 1 aromatic carbocycles. The molecule has 0 spiro atoms. The van der Waals surface area contributed by atoms with E-state index in [1.54, 1.807) is 25.3 Å². The maximum Gasteiger partial charge on any atom is 0.233 e. The van der Waals surface area contributed by atoms with Crippen LogP contribution >= 0.6 is 23.1 Å². The molecule has 3 rings (SSSR count). The van der Waals surface area contributed by atoms with E-state index in [0.29, 0.717) is 5.56 Å². The van der Waals surface area contributed by atoms with Gasteiger partial charge in [0.25, 0.3) is 0 Å². The highest BCUT2D eigenvalue weighted by molar-refractivity contribution is 8.00. The smallest absolute Gasteiger partial charge is 0.233 e. The van der Waals surface area contributed by atoms with Crippen LogP contribution < -0.4 is 0 Å². The van der Waals surface area contributed by atoms with E-state index < -0.39 is 11.6 Å². The maximum atomic E-state index is 13.5. The second-order valence-corrected chi connectivity index (χ2v) is 8.45. The first kappa shape index (κ1) is 19.7. The third-order valence-corrected chi connectivity index (χ3v) is 6.75. The number of amides is 1. The van der Waals surface area contributed by atoms with Crippen LogP contribution in [0.15, 0.2) is 29.6 Å². The monoisotopic (exact) mass is 407 g/mol. The van der Waals surface area contributed by atoms with Crippen LogP contribution in [-0.2, 0) is 4.79 Å². The third-order valence-electron chi connectivity index (χ3n) is 4.66. The van der Waals surface area contributed by atoms with E-state index in [9.17, 15) is 13.6 Å². The van der Waals surface area contributed by atoms with Gasteiger partial charge in [-0.1, -0.05) is 17.8 Å². The van der Waals surface area contributed by atoms with Crippen molar-refractivity contribution >= 4 is 39.2 Å². The number of halogens is 2. The lowest BCUT2D eigenvalue weighted by Gasteiger charge is -2.25. The minimum absolute atomic E-state index is 0.117. The summed E-state index contributed by atoms with van der Waals surface area (Å²) in [6, 6.07) is 3.32. The Morgan fingerprint density at radius 3 is 2.70 bits per heavy atom. The van der Waals surface area contributed by atoms with Gasteiger partial charge in [-0.25, -0.2) is 18.7 Å². The Bertz CT molecular complexity index is 1010. The molecule has 4 nitrogen and oxygen atoms in total. The minimum atomic E-state index is -0.916. The van der Waals surface area contributed by atoms with Gasteiger partial charge in [-0.15, -0.1) is 11.3 Å². The molecule has 1 unspecified atom stereocenters. The molecule has 2 aromatic heterocycles. The van der Waals surface area contributed by atoms with Crippen molar-refractivity contribution in [3.8, 4) is 0 Å². The molecule has 0 fully saturated rings. The van der Waals surface area contributed by atoms with Crippen molar-refractivity contribution in [3.63, 3.8) is 0 Å². The van der Waals surface area contributed by atoms with Crippen LogP contribution in [0, 0.1) is 25.5 Å². The lowest BCUT2D eigenvalue weighted by Crippen LogP contribution is -2.31. The fourth-order valence-electron chi connectivity index (χ4n) is 2.70. The molecule has 27 heavy (non-hydrogen) atoms. The average Bonchev–Trinajstić information content (AvgIpc) is 2.95. The van der Waals surface area contributed by atoms with E-state index in [1.165, 1.54) is 33.9 Å². The molecule has 0 radical (unpaired) electrons. The highest BCUT2D eigenvalue weighted by Crippen LogP contribution is 2.34. The molecule has 8 heteroatoms. The maximum absolute atomic E-state index is 13.5. The largest absolute Gasteiger partial charge is 0.338 e. The molecular weight excluding hydrogens is 388 g/mol. The van der Waals surface area contributed by atoms with Crippen LogP contribution in [0.2, 0.25) is 0 Å². The highest BCUT2D eigenvalue weighted by Gasteiger charge is 2.20. The summed E-state index contributed by atoms with van der Waals surface area (Å²) in [6.07, 6.45) is 1.51. The van der Waals surface area contributed by atoms with E-state index >= 15 is 0 Å². The number of thioether (sulfide) groups is 1.